The largest absolute Gasteiger partial charge is 0.349 e. The number of hydrogen-bond acceptors (Lipinski definition) is 0. The van der Waals surface area contributed by atoms with Gasteiger partial charge in [0, 0.05) is 17.9 Å². The standard InChI is InChI=1S/C21H23N/c1-18-12-14-21(15-13-19-8-4-2-5-9-19)22(18)17-16-20-10-6-3-7-11-20/h2-12,14H,13,15-17H2,1H3. The molecule has 0 aliphatic rings. The summed E-state index contributed by atoms with van der Waals surface area (Å²) in [6, 6.07) is 26.0. The lowest BCUT2D eigenvalue weighted by Gasteiger charge is -2.12. The second-order valence-electron chi connectivity index (χ2n) is 5.84. The van der Waals surface area contributed by atoms with Gasteiger partial charge in [-0.05, 0) is 49.4 Å². The molecule has 1 aromatic heterocycles. The van der Waals surface area contributed by atoms with Crippen molar-refractivity contribution in [2.24, 2.45) is 0 Å². The third-order valence-electron chi connectivity index (χ3n) is 4.27. The first-order valence-electron chi connectivity index (χ1n) is 8.06. The van der Waals surface area contributed by atoms with Crippen LogP contribution in [0.25, 0.3) is 0 Å². The van der Waals surface area contributed by atoms with Crippen LogP contribution in [0.2, 0.25) is 0 Å². The topological polar surface area (TPSA) is 4.93 Å². The quantitative estimate of drug-likeness (QED) is 0.613. The van der Waals surface area contributed by atoms with E-state index in [1.165, 1.54) is 22.5 Å². The van der Waals surface area contributed by atoms with Crippen LogP contribution in [-0.2, 0) is 25.8 Å². The van der Waals surface area contributed by atoms with Gasteiger partial charge in [0.25, 0.3) is 0 Å². The monoisotopic (exact) mass is 289 g/mol. The number of aromatic nitrogens is 1. The minimum atomic E-state index is 1.06. The zero-order valence-electron chi connectivity index (χ0n) is 13.2. The van der Waals surface area contributed by atoms with Crippen molar-refractivity contribution < 1.29 is 0 Å². The van der Waals surface area contributed by atoms with Crippen molar-refractivity contribution in [2.45, 2.75) is 32.7 Å². The van der Waals surface area contributed by atoms with Crippen molar-refractivity contribution in [1.82, 2.24) is 4.57 Å². The Morgan fingerprint density at radius 1 is 0.636 bits per heavy atom. The van der Waals surface area contributed by atoms with E-state index in [2.05, 4.69) is 84.3 Å². The van der Waals surface area contributed by atoms with E-state index >= 15 is 0 Å². The lowest BCUT2D eigenvalue weighted by Crippen LogP contribution is -2.08. The van der Waals surface area contributed by atoms with Crippen molar-refractivity contribution in [1.29, 1.82) is 0 Å². The highest BCUT2D eigenvalue weighted by molar-refractivity contribution is 5.21. The molecular formula is C21H23N. The van der Waals surface area contributed by atoms with Crippen molar-refractivity contribution in [2.75, 3.05) is 0 Å². The van der Waals surface area contributed by atoms with Crippen LogP contribution in [0.15, 0.2) is 72.8 Å². The SMILES string of the molecule is Cc1ccc(CCc2ccccc2)n1CCc1ccccc1. The van der Waals surface area contributed by atoms with Gasteiger partial charge < -0.3 is 4.57 Å². The smallest absolute Gasteiger partial charge is 0.0265 e. The van der Waals surface area contributed by atoms with Crippen LogP contribution in [0.5, 0.6) is 0 Å². The van der Waals surface area contributed by atoms with Crippen LogP contribution in [-0.4, -0.2) is 4.57 Å². The van der Waals surface area contributed by atoms with E-state index in [0.717, 1.165) is 25.8 Å². The fourth-order valence-electron chi connectivity index (χ4n) is 2.96. The minimum Gasteiger partial charge on any atom is -0.349 e. The Morgan fingerprint density at radius 2 is 1.23 bits per heavy atom. The molecule has 0 atom stereocenters. The Kier molecular flexibility index (Phi) is 4.75. The van der Waals surface area contributed by atoms with Crippen LogP contribution in [0.1, 0.15) is 22.5 Å². The molecule has 112 valence electrons. The van der Waals surface area contributed by atoms with Crippen LogP contribution in [0.4, 0.5) is 0 Å². The van der Waals surface area contributed by atoms with E-state index in [1.54, 1.807) is 0 Å². The summed E-state index contributed by atoms with van der Waals surface area (Å²) >= 11 is 0. The molecule has 2 aromatic carbocycles. The number of rotatable bonds is 6. The molecule has 22 heavy (non-hydrogen) atoms. The highest BCUT2D eigenvalue weighted by atomic mass is 15.0. The lowest BCUT2D eigenvalue weighted by atomic mass is 10.1. The van der Waals surface area contributed by atoms with Crippen LogP contribution >= 0.6 is 0 Å². The van der Waals surface area contributed by atoms with E-state index in [4.69, 9.17) is 0 Å². The summed E-state index contributed by atoms with van der Waals surface area (Å²) in [5, 5.41) is 0. The molecule has 0 bridgehead atoms. The molecule has 0 aliphatic heterocycles. The number of nitrogens with zero attached hydrogens (tertiary/aromatic N) is 1. The molecule has 3 rings (SSSR count). The summed E-state index contributed by atoms with van der Waals surface area (Å²) < 4.78 is 2.47. The molecule has 1 nitrogen and oxygen atoms in total. The summed E-state index contributed by atoms with van der Waals surface area (Å²) in [6.45, 7) is 3.27. The maximum Gasteiger partial charge on any atom is 0.0265 e. The molecule has 1 heteroatoms. The number of aryl methyl sites for hydroxylation is 4. The Morgan fingerprint density at radius 3 is 1.86 bits per heavy atom. The highest BCUT2D eigenvalue weighted by Gasteiger charge is 2.05. The first kappa shape index (κ1) is 14.6. The van der Waals surface area contributed by atoms with Crippen LogP contribution in [0.3, 0.4) is 0 Å². The van der Waals surface area contributed by atoms with Gasteiger partial charge in [0.2, 0.25) is 0 Å². The van der Waals surface area contributed by atoms with Gasteiger partial charge in [0.05, 0.1) is 0 Å². The van der Waals surface area contributed by atoms with Gasteiger partial charge in [-0.1, -0.05) is 60.7 Å². The Labute approximate surface area is 133 Å². The van der Waals surface area contributed by atoms with Crippen molar-refractivity contribution >= 4 is 0 Å². The Hall–Kier alpha value is -2.28. The molecule has 0 radical (unpaired) electrons. The molecule has 0 amide bonds. The first-order chi connectivity index (χ1) is 10.8. The molecule has 0 fully saturated rings. The maximum absolute atomic E-state index is 2.47. The van der Waals surface area contributed by atoms with E-state index in [0.29, 0.717) is 0 Å². The van der Waals surface area contributed by atoms with Crippen LogP contribution < -0.4 is 0 Å². The van der Waals surface area contributed by atoms with Gasteiger partial charge in [0.15, 0.2) is 0 Å². The van der Waals surface area contributed by atoms with Gasteiger partial charge in [0.1, 0.15) is 0 Å². The Bertz CT molecular complexity index is 695. The zero-order chi connectivity index (χ0) is 15.2. The second-order valence-corrected chi connectivity index (χ2v) is 5.84. The third-order valence-corrected chi connectivity index (χ3v) is 4.27. The van der Waals surface area contributed by atoms with Gasteiger partial charge >= 0.3 is 0 Å². The molecule has 0 aliphatic carbocycles. The summed E-state index contributed by atoms with van der Waals surface area (Å²) in [5.74, 6) is 0. The maximum atomic E-state index is 2.47. The zero-order valence-corrected chi connectivity index (χ0v) is 13.2. The average Bonchev–Trinajstić information content (AvgIpc) is 2.93. The fraction of sp³-hybridized carbons (Fsp3) is 0.238. The van der Waals surface area contributed by atoms with Crippen molar-refractivity contribution in [3.63, 3.8) is 0 Å². The average molecular weight is 289 g/mol. The van der Waals surface area contributed by atoms with Crippen molar-refractivity contribution in [3.05, 3.63) is 95.3 Å². The molecule has 1 heterocycles. The second kappa shape index (κ2) is 7.13. The van der Waals surface area contributed by atoms with Gasteiger partial charge in [-0.15, -0.1) is 0 Å². The number of benzene rings is 2. The number of hydrogen-bond donors (Lipinski definition) is 0. The fourth-order valence-corrected chi connectivity index (χ4v) is 2.96. The molecule has 0 saturated carbocycles. The lowest BCUT2D eigenvalue weighted by molar-refractivity contribution is 0.642. The molecule has 0 spiro atoms. The molecule has 3 aromatic rings. The minimum absolute atomic E-state index is 1.06. The van der Waals surface area contributed by atoms with E-state index < -0.39 is 0 Å². The molecular weight excluding hydrogens is 266 g/mol. The van der Waals surface area contributed by atoms with E-state index in [-0.39, 0.29) is 0 Å². The van der Waals surface area contributed by atoms with Crippen molar-refractivity contribution in [3.8, 4) is 0 Å². The van der Waals surface area contributed by atoms with Gasteiger partial charge in [-0.2, -0.15) is 0 Å². The summed E-state index contributed by atoms with van der Waals surface area (Å²) in [6.07, 6.45) is 3.30. The molecule has 0 saturated heterocycles. The first-order valence-corrected chi connectivity index (χ1v) is 8.06. The summed E-state index contributed by atoms with van der Waals surface area (Å²) in [5.41, 5.74) is 5.62. The van der Waals surface area contributed by atoms with E-state index in [1.807, 2.05) is 0 Å². The highest BCUT2D eigenvalue weighted by Crippen LogP contribution is 2.14. The Balaban J connectivity index is 1.65. The third kappa shape index (κ3) is 3.67. The predicted octanol–water partition coefficient (Wildman–Crippen LogP) is 4.82. The summed E-state index contributed by atoms with van der Waals surface area (Å²) in [7, 11) is 0. The van der Waals surface area contributed by atoms with Gasteiger partial charge in [-0.3, -0.25) is 0 Å². The van der Waals surface area contributed by atoms with Gasteiger partial charge in [-0.25, -0.2) is 0 Å². The van der Waals surface area contributed by atoms with Crippen LogP contribution in [0, 0.1) is 6.92 Å². The normalized spacial score (nSPS) is 10.8. The molecule has 0 N–H and O–H groups in total. The molecule has 0 unspecified atom stereocenters. The van der Waals surface area contributed by atoms with E-state index in [9.17, 15) is 0 Å². The predicted molar refractivity (Wildman–Crippen MR) is 93.2 cm³/mol. The summed E-state index contributed by atoms with van der Waals surface area (Å²) in [4.78, 5) is 0.